The van der Waals surface area contributed by atoms with Gasteiger partial charge in [0.15, 0.2) is 0 Å². The summed E-state index contributed by atoms with van der Waals surface area (Å²) in [5.74, 6) is 0.918. The zero-order valence-corrected chi connectivity index (χ0v) is 17.5. The van der Waals surface area contributed by atoms with Crippen molar-refractivity contribution in [2.45, 2.75) is 44.2 Å². The standard InChI is InChI=1S/C25H31N3O2/c29-21-8-9-22-19(15-21)11-14-27-17-20-7-4-13-28(23(20)16-24(22)27)25(30)26-12-10-18-5-2-1-3-6-18/h1-3,5-6,8-9,15,20,23-24,29H,4,7,10-14,16-17H2,(H,26,30)/t20-,23+,24+/m1/s1. The normalized spacial score (nSPS) is 25.7. The Balaban J connectivity index is 1.27. The van der Waals surface area contributed by atoms with Crippen LogP contribution in [0.1, 0.15) is 42.0 Å². The van der Waals surface area contributed by atoms with E-state index in [-0.39, 0.29) is 6.03 Å². The van der Waals surface area contributed by atoms with Crippen molar-refractivity contribution >= 4 is 6.03 Å². The molecule has 2 fully saturated rings. The molecule has 2 aromatic rings. The van der Waals surface area contributed by atoms with Gasteiger partial charge in [-0.1, -0.05) is 36.4 Å². The maximum atomic E-state index is 13.1. The molecule has 3 aliphatic heterocycles. The Morgan fingerprint density at radius 1 is 1.13 bits per heavy atom. The van der Waals surface area contributed by atoms with Crippen molar-refractivity contribution in [3.8, 4) is 5.75 Å². The third-order valence-electron chi connectivity index (χ3n) is 7.24. The molecule has 2 saturated heterocycles. The van der Waals surface area contributed by atoms with Crippen molar-refractivity contribution in [1.29, 1.82) is 0 Å². The fraction of sp³-hybridized carbons (Fsp3) is 0.480. The fourth-order valence-corrected chi connectivity index (χ4v) is 5.76. The Morgan fingerprint density at radius 3 is 2.87 bits per heavy atom. The van der Waals surface area contributed by atoms with E-state index in [4.69, 9.17) is 0 Å². The Morgan fingerprint density at radius 2 is 2.00 bits per heavy atom. The van der Waals surface area contributed by atoms with Crippen LogP contribution in [0.3, 0.4) is 0 Å². The number of aromatic hydroxyl groups is 1. The van der Waals surface area contributed by atoms with Crippen LogP contribution >= 0.6 is 0 Å². The minimum absolute atomic E-state index is 0.0934. The van der Waals surface area contributed by atoms with Gasteiger partial charge in [0.05, 0.1) is 0 Å². The number of rotatable bonds is 3. The Kier molecular flexibility index (Phi) is 5.38. The highest BCUT2D eigenvalue weighted by Gasteiger charge is 2.43. The minimum Gasteiger partial charge on any atom is -0.508 e. The van der Waals surface area contributed by atoms with Crippen molar-refractivity contribution in [1.82, 2.24) is 15.1 Å². The summed E-state index contributed by atoms with van der Waals surface area (Å²) in [6, 6.07) is 16.9. The van der Waals surface area contributed by atoms with E-state index in [2.05, 4.69) is 33.3 Å². The van der Waals surface area contributed by atoms with Crippen LogP contribution in [0.25, 0.3) is 0 Å². The number of fused-ring (bicyclic) bond motifs is 4. The van der Waals surface area contributed by atoms with Crippen LogP contribution in [0.15, 0.2) is 48.5 Å². The first kappa shape index (κ1) is 19.4. The number of likely N-dealkylation sites (tertiary alicyclic amines) is 1. The van der Waals surface area contributed by atoms with Gasteiger partial charge in [-0.05, 0) is 66.8 Å². The van der Waals surface area contributed by atoms with Crippen LogP contribution in [0.4, 0.5) is 4.79 Å². The zero-order valence-electron chi connectivity index (χ0n) is 17.5. The summed E-state index contributed by atoms with van der Waals surface area (Å²) >= 11 is 0. The van der Waals surface area contributed by atoms with Crippen molar-refractivity contribution in [3.05, 3.63) is 65.2 Å². The fourth-order valence-electron chi connectivity index (χ4n) is 5.76. The van der Waals surface area contributed by atoms with E-state index in [1.807, 2.05) is 30.3 Å². The number of piperidine rings is 2. The number of amides is 2. The van der Waals surface area contributed by atoms with Crippen LogP contribution in [0, 0.1) is 5.92 Å². The predicted octanol–water partition coefficient (Wildman–Crippen LogP) is 3.73. The molecule has 0 aromatic heterocycles. The number of hydrogen-bond donors (Lipinski definition) is 2. The highest BCUT2D eigenvalue weighted by molar-refractivity contribution is 5.74. The smallest absolute Gasteiger partial charge is 0.317 e. The molecule has 2 amide bonds. The largest absolute Gasteiger partial charge is 0.508 e. The van der Waals surface area contributed by atoms with Gasteiger partial charge in [-0.25, -0.2) is 4.79 Å². The quantitative estimate of drug-likeness (QED) is 0.818. The summed E-state index contributed by atoms with van der Waals surface area (Å²) in [6.45, 7) is 3.65. The number of carbonyl (C=O) groups excluding carboxylic acids is 1. The highest BCUT2D eigenvalue weighted by Crippen LogP contribution is 2.43. The molecule has 5 rings (SSSR count). The predicted molar refractivity (Wildman–Crippen MR) is 118 cm³/mol. The summed E-state index contributed by atoms with van der Waals surface area (Å²) in [4.78, 5) is 17.8. The van der Waals surface area contributed by atoms with Crippen LogP contribution in [-0.4, -0.2) is 53.2 Å². The second-order valence-electron chi connectivity index (χ2n) is 9.01. The topological polar surface area (TPSA) is 55.8 Å². The van der Waals surface area contributed by atoms with Gasteiger partial charge in [0.2, 0.25) is 0 Å². The molecule has 3 atom stereocenters. The molecule has 2 N–H and O–H groups in total. The van der Waals surface area contributed by atoms with Crippen LogP contribution in [0.2, 0.25) is 0 Å². The number of nitrogens with zero attached hydrogens (tertiary/aromatic N) is 2. The summed E-state index contributed by atoms with van der Waals surface area (Å²) in [5.41, 5.74) is 3.86. The third kappa shape index (κ3) is 3.79. The number of phenols is 1. The lowest BCUT2D eigenvalue weighted by atomic mass is 9.76. The maximum absolute atomic E-state index is 13.1. The molecule has 3 heterocycles. The van der Waals surface area contributed by atoms with Gasteiger partial charge in [-0.15, -0.1) is 0 Å². The first-order valence-electron chi connectivity index (χ1n) is 11.3. The van der Waals surface area contributed by atoms with E-state index >= 15 is 0 Å². The van der Waals surface area contributed by atoms with Gasteiger partial charge in [-0.3, -0.25) is 4.90 Å². The molecule has 2 aromatic carbocycles. The van der Waals surface area contributed by atoms with Crippen molar-refractivity contribution in [2.24, 2.45) is 5.92 Å². The highest BCUT2D eigenvalue weighted by atomic mass is 16.3. The Labute approximate surface area is 178 Å². The van der Waals surface area contributed by atoms with E-state index < -0.39 is 0 Å². The number of benzene rings is 2. The summed E-state index contributed by atoms with van der Waals surface area (Å²) in [6.07, 6.45) is 5.16. The maximum Gasteiger partial charge on any atom is 0.317 e. The summed E-state index contributed by atoms with van der Waals surface area (Å²) < 4.78 is 0. The number of urea groups is 1. The van der Waals surface area contributed by atoms with Gasteiger partial charge in [0.25, 0.3) is 0 Å². The number of phenolic OH excluding ortho intramolecular Hbond substituents is 1. The van der Waals surface area contributed by atoms with E-state index in [0.717, 1.165) is 45.3 Å². The van der Waals surface area contributed by atoms with E-state index in [0.29, 0.717) is 30.3 Å². The molecule has 5 nitrogen and oxygen atoms in total. The molecule has 0 spiro atoms. The van der Waals surface area contributed by atoms with E-state index in [1.165, 1.54) is 23.1 Å². The van der Waals surface area contributed by atoms with Gasteiger partial charge in [0, 0.05) is 38.3 Å². The molecule has 158 valence electrons. The van der Waals surface area contributed by atoms with Crippen LogP contribution < -0.4 is 5.32 Å². The van der Waals surface area contributed by atoms with Crippen molar-refractivity contribution in [3.63, 3.8) is 0 Å². The molecule has 0 radical (unpaired) electrons. The second-order valence-corrected chi connectivity index (χ2v) is 9.01. The molecular weight excluding hydrogens is 374 g/mol. The lowest BCUT2D eigenvalue weighted by molar-refractivity contribution is 0.00576. The lowest BCUT2D eigenvalue weighted by Gasteiger charge is -2.52. The van der Waals surface area contributed by atoms with E-state index in [1.54, 1.807) is 0 Å². The molecule has 30 heavy (non-hydrogen) atoms. The SMILES string of the molecule is O=C(NCCc1ccccc1)N1CCC[C@@H]2CN3CCc4cc(O)ccc4[C@@H]3C[C@@H]21. The molecule has 5 heteroatoms. The van der Waals surface area contributed by atoms with Gasteiger partial charge < -0.3 is 15.3 Å². The lowest BCUT2D eigenvalue weighted by Crippen LogP contribution is -2.59. The Bertz CT molecular complexity index is 901. The van der Waals surface area contributed by atoms with Crippen molar-refractivity contribution in [2.75, 3.05) is 26.2 Å². The summed E-state index contributed by atoms with van der Waals surface area (Å²) in [7, 11) is 0. The zero-order chi connectivity index (χ0) is 20.5. The van der Waals surface area contributed by atoms with Crippen molar-refractivity contribution < 1.29 is 9.90 Å². The number of hydrogen-bond acceptors (Lipinski definition) is 3. The van der Waals surface area contributed by atoms with Gasteiger partial charge >= 0.3 is 6.03 Å². The molecule has 0 saturated carbocycles. The first-order chi connectivity index (χ1) is 14.7. The number of carbonyl (C=O) groups is 1. The first-order valence-corrected chi connectivity index (χ1v) is 11.3. The van der Waals surface area contributed by atoms with Crippen LogP contribution in [0.5, 0.6) is 5.75 Å². The summed E-state index contributed by atoms with van der Waals surface area (Å²) in [5, 5.41) is 13.0. The molecule has 3 aliphatic rings. The van der Waals surface area contributed by atoms with Crippen LogP contribution in [-0.2, 0) is 12.8 Å². The Hall–Kier alpha value is -2.53. The number of nitrogens with one attached hydrogen (secondary N) is 1. The van der Waals surface area contributed by atoms with Gasteiger partial charge in [-0.2, -0.15) is 0 Å². The molecule has 0 aliphatic carbocycles. The monoisotopic (exact) mass is 405 g/mol. The van der Waals surface area contributed by atoms with Gasteiger partial charge in [0.1, 0.15) is 5.75 Å². The minimum atomic E-state index is 0.0934. The van der Waals surface area contributed by atoms with E-state index in [9.17, 15) is 9.90 Å². The average molecular weight is 406 g/mol. The second kappa shape index (κ2) is 8.31. The average Bonchev–Trinajstić information content (AvgIpc) is 2.77. The molecule has 0 bridgehead atoms. The third-order valence-corrected chi connectivity index (χ3v) is 7.24. The molecule has 0 unspecified atom stereocenters. The molecular formula is C25H31N3O2.